The molecule has 0 saturated carbocycles. The first-order valence-corrected chi connectivity index (χ1v) is 6.10. The van der Waals surface area contributed by atoms with Gasteiger partial charge in [0.1, 0.15) is 0 Å². The van der Waals surface area contributed by atoms with Crippen molar-refractivity contribution < 1.29 is 0 Å². The van der Waals surface area contributed by atoms with Gasteiger partial charge in [-0.1, -0.05) is 46.0 Å². The summed E-state index contributed by atoms with van der Waals surface area (Å²) in [6.45, 7) is 5.31. The summed E-state index contributed by atoms with van der Waals surface area (Å²) in [6, 6.07) is 0. The maximum atomic E-state index is 5.70. The van der Waals surface area contributed by atoms with Gasteiger partial charge < -0.3 is 5.73 Å². The van der Waals surface area contributed by atoms with Gasteiger partial charge in [-0.15, -0.1) is 0 Å². The van der Waals surface area contributed by atoms with Crippen LogP contribution in [0.25, 0.3) is 0 Å². The van der Waals surface area contributed by atoms with Crippen molar-refractivity contribution >= 4 is 5.84 Å². The lowest BCUT2D eigenvalue weighted by molar-refractivity contribution is 0.612. The van der Waals surface area contributed by atoms with Crippen LogP contribution in [0.2, 0.25) is 0 Å². The van der Waals surface area contributed by atoms with Crippen LogP contribution in [0.1, 0.15) is 65.2 Å². The first-order valence-electron chi connectivity index (χ1n) is 6.10. The monoisotopic (exact) mass is 198 g/mol. The summed E-state index contributed by atoms with van der Waals surface area (Å²) in [5, 5.41) is 0. The van der Waals surface area contributed by atoms with E-state index in [0.29, 0.717) is 0 Å². The van der Waals surface area contributed by atoms with E-state index in [1.54, 1.807) is 0 Å². The molecule has 0 aliphatic rings. The van der Waals surface area contributed by atoms with Crippen molar-refractivity contribution in [3.8, 4) is 0 Å². The van der Waals surface area contributed by atoms with Crippen LogP contribution < -0.4 is 5.73 Å². The van der Waals surface area contributed by atoms with Crippen LogP contribution in [-0.2, 0) is 0 Å². The number of rotatable bonds is 9. The number of nitrogens with zero attached hydrogens (tertiary/aromatic N) is 1. The highest BCUT2D eigenvalue weighted by Crippen LogP contribution is 2.04. The minimum atomic E-state index is 0.834. The Bertz CT molecular complexity index is 141. The molecule has 2 N–H and O–H groups in total. The van der Waals surface area contributed by atoms with E-state index in [2.05, 4.69) is 18.8 Å². The maximum absolute atomic E-state index is 5.70. The van der Waals surface area contributed by atoms with Crippen molar-refractivity contribution in [2.24, 2.45) is 10.7 Å². The molecule has 0 rings (SSSR count). The van der Waals surface area contributed by atoms with Gasteiger partial charge in [0.2, 0.25) is 0 Å². The van der Waals surface area contributed by atoms with Crippen molar-refractivity contribution in [1.82, 2.24) is 0 Å². The number of nitrogens with two attached hydrogens (primary N) is 1. The molecule has 2 nitrogen and oxygen atoms in total. The highest BCUT2D eigenvalue weighted by atomic mass is 14.8. The Hall–Kier alpha value is -0.530. The molecule has 0 saturated heterocycles. The third-order valence-electron chi connectivity index (χ3n) is 2.33. The van der Waals surface area contributed by atoms with E-state index in [9.17, 15) is 0 Å². The molecule has 2 heteroatoms. The number of hydrogen-bond acceptors (Lipinski definition) is 1. The van der Waals surface area contributed by atoms with E-state index in [-0.39, 0.29) is 0 Å². The fourth-order valence-corrected chi connectivity index (χ4v) is 1.45. The second kappa shape index (κ2) is 10.6. The highest BCUT2D eigenvalue weighted by molar-refractivity contribution is 5.80. The molecule has 0 atom stereocenters. The van der Waals surface area contributed by atoms with Crippen molar-refractivity contribution in [3.63, 3.8) is 0 Å². The molecule has 0 aromatic heterocycles. The summed E-state index contributed by atoms with van der Waals surface area (Å²) in [5.41, 5.74) is 5.70. The zero-order valence-electron chi connectivity index (χ0n) is 9.89. The molecule has 0 aliphatic heterocycles. The Balaban J connectivity index is 3.15. The van der Waals surface area contributed by atoms with E-state index in [4.69, 9.17) is 5.73 Å². The smallest absolute Gasteiger partial charge is 0.0936 e. The van der Waals surface area contributed by atoms with Crippen molar-refractivity contribution in [1.29, 1.82) is 0 Å². The molecular formula is C12H26N2. The third kappa shape index (κ3) is 9.56. The van der Waals surface area contributed by atoms with E-state index >= 15 is 0 Å². The SMILES string of the molecule is CCCCCCCCN=C(N)CCC. The fourth-order valence-electron chi connectivity index (χ4n) is 1.45. The average molecular weight is 198 g/mol. The zero-order valence-corrected chi connectivity index (χ0v) is 9.89. The maximum Gasteiger partial charge on any atom is 0.0936 e. The Kier molecular flexibility index (Phi) is 10.2. The van der Waals surface area contributed by atoms with Gasteiger partial charge >= 0.3 is 0 Å². The predicted octanol–water partition coefficient (Wildman–Crippen LogP) is 3.50. The van der Waals surface area contributed by atoms with Gasteiger partial charge in [-0.3, -0.25) is 4.99 Å². The van der Waals surface area contributed by atoms with Crippen LogP contribution in [0.4, 0.5) is 0 Å². The highest BCUT2D eigenvalue weighted by Gasteiger charge is 1.91. The molecule has 0 radical (unpaired) electrons. The topological polar surface area (TPSA) is 38.4 Å². The van der Waals surface area contributed by atoms with Gasteiger partial charge in [0.05, 0.1) is 5.84 Å². The average Bonchev–Trinajstić information content (AvgIpc) is 2.17. The first-order chi connectivity index (χ1) is 6.81. The van der Waals surface area contributed by atoms with E-state index in [1.165, 1.54) is 38.5 Å². The van der Waals surface area contributed by atoms with Crippen molar-refractivity contribution in [2.45, 2.75) is 65.2 Å². The Morgan fingerprint density at radius 3 is 2.21 bits per heavy atom. The lowest BCUT2D eigenvalue weighted by Gasteiger charge is -1.99. The standard InChI is InChI=1S/C12H26N2/c1-3-5-6-7-8-9-11-14-12(13)10-4-2/h3-11H2,1-2H3,(H2,13,14). The zero-order chi connectivity index (χ0) is 10.6. The molecule has 0 heterocycles. The molecular weight excluding hydrogens is 172 g/mol. The lowest BCUT2D eigenvalue weighted by atomic mass is 10.1. The van der Waals surface area contributed by atoms with E-state index in [0.717, 1.165) is 25.2 Å². The largest absolute Gasteiger partial charge is 0.387 e. The summed E-state index contributed by atoms with van der Waals surface area (Å²) in [6.07, 6.45) is 10.0. The van der Waals surface area contributed by atoms with Crippen molar-refractivity contribution in [3.05, 3.63) is 0 Å². The molecule has 0 unspecified atom stereocenters. The second-order valence-corrected chi connectivity index (χ2v) is 3.89. The summed E-state index contributed by atoms with van der Waals surface area (Å²) in [7, 11) is 0. The number of aliphatic imine (C=N–C) groups is 1. The van der Waals surface area contributed by atoms with Crippen LogP contribution >= 0.6 is 0 Å². The van der Waals surface area contributed by atoms with Gasteiger partial charge in [-0.05, 0) is 12.8 Å². The Labute approximate surface area is 89.0 Å². The van der Waals surface area contributed by atoms with Crippen LogP contribution in [0.3, 0.4) is 0 Å². The molecule has 0 spiro atoms. The van der Waals surface area contributed by atoms with E-state index in [1.807, 2.05) is 0 Å². The van der Waals surface area contributed by atoms with Gasteiger partial charge in [0, 0.05) is 13.0 Å². The Morgan fingerprint density at radius 1 is 0.929 bits per heavy atom. The summed E-state index contributed by atoms with van der Waals surface area (Å²) < 4.78 is 0. The molecule has 0 fully saturated rings. The molecule has 0 aliphatic carbocycles. The molecule has 0 aromatic carbocycles. The Morgan fingerprint density at radius 2 is 1.57 bits per heavy atom. The molecule has 14 heavy (non-hydrogen) atoms. The normalized spacial score (nSPS) is 12.0. The van der Waals surface area contributed by atoms with Crippen LogP contribution in [0.15, 0.2) is 4.99 Å². The summed E-state index contributed by atoms with van der Waals surface area (Å²) in [4.78, 5) is 4.33. The fraction of sp³-hybridized carbons (Fsp3) is 0.917. The second-order valence-electron chi connectivity index (χ2n) is 3.89. The quantitative estimate of drug-likeness (QED) is 0.344. The first kappa shape index (κ1) is 13.5. The van der Waals surface area contributed by atoms with Crippen LogP contribution in [-0.4, -0.2) is 12.4 Å². The van der Waals surface area contributed by atoms with Gasteiger partial charge in [0.15, 0.2) is 0 Å². The van der Waals surface area contributed by atoms with Gasteiger partial charge in [-0.25, -0.2) is 0 Å². The lowest BCUT2D eigenvalue weighted by Crippen LogP contribution is -2.11. The van der Waals surface area contributed by atoms with Crippen molar-refractivity contribution in [2.75, 3.05) is 6.54 Å². The predicted molar refractivity (Wildman–Crippen MR) is 64.8 cm³/mol. The number of amidine groups is 1. The van der Waals surface area contributed by atoms with Crippen LogP contribution in [0.5, 0.6) is 0 Å². The van der Waals surface area contributed by atoms with Crippen LogP contribution in [0, 0.1) is 0 Å². The molecule has 84 valence electrons. The summed E-state index contributed by atoms with van der Waals surface area (Å²) in [5.74, 6) is 0.834. The third-order valence-corrected chi connectivity index (χ3v) is 2.33. The molecule has 0 amide bonds. The minimum Gasteiger partial charge on any atom is -0.387 e. The minimum absolute atomic E-state index is 0.834. The summed E-state index contributed by atoms with van der Waals surface area (Å²) >= 11 is 0. The molecule has 0 aromatic rings. The molecule has 0 bridgehead atoms. The van der Waals surface area contributed by atoms with Gasteiger partial charge in [0.25, 0.3) is 0 Å². The van der Waals surface area contributed by atoms with Gasteiger partial charge in [-0.2, -0.15) is 0 Å². The number of unbranched alkanes of at least 4 members (excludes halogenated alkanes) is 5. The number of hydrogen-bond donors (Lipinski definition) is 1. The van der Waals surface area contributed by atoms with E-state index < -0.39 is 0 Å².